The smallest absolute Gasteiger partial charge is 0.261 e. The Morgan fingerprint density at radius 3 is 2.71 bits per heavy atom. The van der Waals surface area contributed by atoms with E-state index in [0.29, 0.717) is 17.8 Å². The molecule has 0 fully saturated rings. The normalized spacial score (nSPS) is 12.5. The number of nitrogens with one attached hydrogen (secondary N) is 1. The van der Waals surface area contributed by atoms with Gasteiger partial charge in [-0.3, -0.25) is 14.2 Å². The maximum atomic E-state index is 12.5. The molecule has 0 saturated heterocycles. The van der Waals surface area contributed by atoms with Crippen molar-refractivity contribution in [3.63, 3.8) is 0 Å². The Morgan fingerprint density at radius 2 is 2.00 bits per heavy atom. The summed E-state index contributed by atoms with van der Waals surface area (Å²) in [6.07, 6.45) is 3.88. The second kappa shape index (κ2) is 8.08. The quantitative estimate of drug-likeness (QED) is 0.849. The second-order valence-corrected chi connectivity index (χ2v) is 6.90. The van der Waals surface area contributed by atoms with E-state index in [1.165, 1.54) is 10.9 Å². The Morgan fingerprint density at radius 1 is 1.25 bits per heavy atom. The number of fused-ring (bicyclic) bond motifs is 1. The highest BCUT2D eigenvalue weighted by atomic mass is 16.2. The molecule has 0 radical (unpaired) electrons. The molecule has 1 heterocycles. The Balaban J connectivity index is 1.97. The molecule has 1 amide bonds. The summed E-state index contributed by atoms with van der Waals surface area (Å²) in [6.45, 7) is 8.65. The van der Waals surface area contributed by atoms with Crippen LogP contribution >= 0.6 is 0 Å². The van der Waals surface area contributed by atoms with E-state index in [2.05, 4.69) is 24.1 Å². The largest absolute Gasteiger partial charge is 0.354 e. The van der Waals surface area contributed by atoms with E-state index in [-0.39, 0.29) is 23.9 Å². The predicted molar refractivity (Wildman–Crippen MR) is 97.0 cm³/mol. The molecule has 5 heteroatoms. The predicted octanol–water partition coefficient (Wildman–Crippen LogP) is 3.04. The molecule has 1 atom stereocenters. The fraction of sp³-hybridized carbons (Fsp3) is 0.526. The van der Waals surface area contributed by atoms with E-state index in [9.17, 15) is 9.59 Å². The number of benzene rings is 1. The number of hydrogen-bond donors (Lipinski definition) is 1. The molecule has 1 aromatic heterocycles. The number of amides is 1. The van der Waals surface area contributed by atoms with Gasteiger partial charge in [-0.15, -0.1) is 0 Å². The van der Waals surface area contributed by atoms with Crippen molar-refractivity contribution < 1.29 is 4.79 Å². The van der Waals surface area contributed by atoms with Gasteiger partial charge in [0.1, 0.15) is 0 Å². The minimum Gasteiger partial charge on any atom is -0.354 e. The van der Waals surface area contributed by atoms with Crippen molar-refractivity contribution in [3.8, 4) is 0 Å². The van der Waals surface area contributed by atoms with Gasteiger partial charge in [0.15, 0.2) is 0 Å². The molecule has 0 aliphatic heterocycles. The van der Waals surface area contributed by atoms with Crippen molar-refractivity contribution in [3.05, 3.63) is 40.4 Å². The van der Waals surface area contributed by atoms with Crippen LogP contribution < -0.4 is 10.9 Å². The molecule has 1 aromatic carbocycles. The number of carbonyl (C=O) groups is 1. The first kappa shape index (κ1) is 18.2. The lowest BCUT2D eigenvalue weighted by molar-refractivity contribution is -0.122. The molecule has 0 saturated carbocycles. The molecule has 0 spiro atoms. The van der Waals surface area contributed by atoms with Crippen LogP contribution in [-0.2, 0) is 11.3 Å². The van der Waals surface area contributed by atoms with Crippen LogP contribution in [0, 0.1) is 12.8 Å². The van der Waals surface area contributed by atoms with Crippen LogP contribution in [0.15, 0.2) is 29.3 Å². The van der Waals surface area contributed by atoms with Gasteiger partial charge in [0.25, 0.3) is 5.56 Å². The van der Waals surface area contributed by atoms with E-state index >= 15 is 0 Å². The molecular weight excluding hydrogens is 302 g/mol. The van der Waals surface area contributed by atoms with Crippen LogP contribution in [0.1, 0.15) is 45.6 Å². The number of aryl methyl sites for hydroxylation is 2. The van der Waals surface area contributed by atoms with Gasteiger partial charge in [-0.1, -0.05) is 26.0 Å². The lowest BCUT2D eigenvalue weighted by Gasteiger charge is -2.15. The fourth-order valence-corrected chi connectivity index (χ4v) is 2.72. The summed E-state index contributed by atoms with van der Waals surface area (Å²) < 4.78 is 1.51. The van der Waals surface area contributed by atoms with Crippen LogP contribution in [0.5, 0.6) is 0 Å². The van der Waals surface area contributed by atoms with E-state index in [1.54, 1.807) is 6.07 Å². The first-order chi connectivity index (χ1) is 11.4. The third-order valence-corrected chi connectivity index (χ3v) is 4.22. The van der Waals surface area contributed by atoms with Crippen LogP contribution in [0.4, 0.5) is 0 Å². The molecular formula is C19H27N3O2. The van der Waals surface area contributed by atoms with Gasteiger partial charge in [-0.25, -0.2) is 4.98 Å². The van der Waals surface area contributed by atoms with Crippen molar-refractivity contribution in [2.24, 2.45) is 5.92 Å². The number of nitrogens with zero attached hydrogens (tertiary/aromatic N) is 2. The molecule has 24 heavy (non-hydrogen) atoms. The summed E-state index contributed by atoms with van der Waals surface area (Å²) in [5, 5.41) is 3.60. The maximum Gasteiger partial charge on any atom is 0.261 e. The number of hydrogen-bond acceptors (Lipinski definition) is 3. The first-order valence-corrected chi connectivity index (χ1v) is 8.62. The monoisotopic (exact) mass is 329 g/mol. The van der Waals surface area contributed by atoms with Crippen LogP contribution in [0.2, 0.25) is 0 Å². The Hall–Kier alpha value is -2.17. The lowest BCUT2D eigenvalue weighted by atomic mass is 10.0. The molecule has 0 aliphatic rings. The lowest BCUT2D eigenvalue weighted by Crippen LogP contribution is -2.34. The molecule has 2 aromatic rings. The zero-order valence-electron chi connectivity index (χ0n) is 15.0. The Bertz CT molecular complexity index is 765. The summed E-state index contributed by atoms with van der Waals surface area (Å²) in [6, 6.07) is 5.73. The highest BCUT2D eigenvalue weighted by Crippen LogP contribution is 2.11. The van der Waals surface area contributed by atoms with Crippen molar-refractivity contribution >= 4 is 16.8 Å². The molecule has 2 rings (SSSR count). The van der Waals surface area contributed by atoms with Gasteiger partial charge in [0.05, 0.1) is 17.2 Å². The second-order valence-electron chi connectivity index (χ2n) is 6.90. The number of carbonyl (C=O) groups excluding carboxylic acids is 1. The highest BCUT2D eigenvalue weighted by Gasteiger charge is 2.10. The molecule has 0 bridgehead atoms. The van der Waals surface area contributed by atoms with Gasteiger partial charge in [-0.05, 0) is 44.2 Å². The van der Waals surface area contributed by atoms with E-state index < -0.39 is 0 Å². The Labute approximate surface area is 143 Å². The zero-order chi connectivity index (χ0) is 17.7. The average molecular weight is 329 g/mol. The SMILES string of the molecule is Cc1cccc2c(=O)n(CCC(=O)NC(C)CCC(C)C)cnc12. The number of para-hydroxylation sites is 1. The fourth-order valence-electron chi connectivity index (χ4n) is 2.72. The summed E-state index contributed by atoms with van der Waals surface area (Å²) in [5.41, 5.74) is 1.61. The molecule has 1 unspecified atom stereocenters. The molecule has 130 valence electrons. The van der Waals surface area contributed by atoms with Gasteiger partial charge < -0.3 is 5.32 Å². The number of rotatable bonds is 7. The third-order valence-electron chi connectivity index (χ3n) is 4.22. The average Bonchev–Trinajstić information content (AvgIpc) is 2.53. The van der Waals surface area contributed by atoms with Gasteiger partial charge in [0.2, 0.25) is 5.91 Å². The summed E-state index contributed by atoms with van der Waals surface area (Å²) in [5.74, 6) is 0.609. The van der Waals surface area contributed by atoms with E-state index in [1.807, 2.05) is 26.0 Å². The van der Waals surface area contributed by atoms with Crippen LogP contribution in [-0.4, -0.2) is 21.5 Å². The summed E-state index contributed by atoms with van der Waals surface area (Å²) >= 11 is 0. The topological polar surface area (TPSA) is 64.0 Å². The van der Waals surface area contributed by atoms with Crippen LogP contribution in [0.3, 0.4) is 0 Å². The van der Waals surface area contributed by atoms with Gasteiger partial charge in [0, 0.05) is 19.0 Å². The molecule has 0 aliphatic carbocycles. The maximum absolute atomic E-state index is 12.5. The molecule has 5 nitrogen and oxygen atoms in total. The van der Waals surface area contributed by atoms with E-state index in [4.69, 9.17) is 0 Å². The minimum absolute atomic E-state index is 0.0255. The highest BCUT2D eigenvalue weighted by molar-refractivity contribution is 5.80. The summed E-state index contributed by atoms with van der Waals surface area (Å²) in [4.78, 5) is 28.9. The summed E-state index contributed by atoms with van der Waals surface area (Å²) in [7, 11) is 0. The first-order valence-electron chi connectivity index (χ1n) is 8.62. The minimum atomic E-state index is -0.0932. The zero-order valence-corrected chi connectivity index (χ0v) is 15.0. The van der Waals surface area contributed by atoms with Crippen molar-refractivity contribution in [2.45, 2.75) is 59.5 Å². The number of aromatic nitrogens is 2. The van der Waals surface area contributed by atoms with Crippen molar-refractivity contribution in [2.75, 3.05) is 0 Å². The van der Waals surface area contributed by atoms with Gasteiger partial charge in [-0.2, -0.15) is 0 Å². The molecule has 1 N–H and O–H groups in total. The Kier molecular flexibility index (Phi) is 6.12. The van der Waals surface area contributed by atoms with Crippen LogP contribution in [0.25, 0.3) is 10.9 Å². The van der Waals surface area contributed by atoms with Gasteiger partial charge >= 0.3 is 0 Å². The van der Waals surface area contributed by atoms with E-state index in [0.717, 1.165) is 23.9 Å². The third kappa shape index (κ3) is 4.66. The standard InChI is InChI=1S/C19H27N3O2/c1-13(2)8-9-15(4)21-17(23)10-11-22-12-20-18-14(3)6-5-7-16(18)19(22)24/h5-7,12-13,15H,8-11H2,1-4H3,(H,21,23). The van der Waals surface area contributed by atoms with Crippen molar-refractivity contribution in [1.29, 1.82) is 0 Å². The van der Waals surface area contributed by atoms with Crippen molar-refractivity contribution in [1.82, 2.24) is 14.9 Å².